The number of unbranched alkanes of at least 4 members (excludes halogenated alkanes) is 1. The van der Waals surface area contributed by atoms with Crippen molar-refractivity contribution in [1.29, 1.82) is 0 Å². The van der Waals surface area contributed by atoms with E-state index in [2.05, 4.69) is 0 Å². The van der Waals surface area contributed by atoms with Gasteiger partial charge in [-0.05, 0) is 12.0 Å². The van der Waals surface area contributed by atoms with E-state index in [1.807, 2.05) is 44.2 Å². The van der Waals surface area contributed by atoms with E-state index in [9.17, 15) is 14.7 Å². The van der Waals surface area contributed by atoms with Gasteiger partial charge in [-0.1, -0.05) is 50.6 Å². The molecule has 5 heteroatoms. The first-order valence-electron chi connectivity index (χ1n) is 7.26. The van der Waals surface area contributed by atoms with Gasteiger partial charge in [0, 0.05) is 11.8 Å². The number of carbonyl (C=O) groups excluding carboxylic acids is 1. The lowest BCUT2D eigenvalue weighted by molar-refractivity contribution is -0.204. The third-order valence-electron chi connectivity index (χ3n) is 4.25. The minimum absolute atomic E-state index is 0.191. The molecule has 3 atom stereocenters. The zero-order valence-electron chi connectivity index (χ0n) is 12.4. The maximum atomic E-state index is 11.8. The second kappa shape index (κ2) is 6.26. The lowest BCUT2D eigenvalue weighted by Crippen LogP contribution is -2.45. The van der Waals surface area contributed by atoms with Crippen molar-refractivity contribution in [2.75, 3.05) is 6.61 Å². The fourth-order valence-electron chi connectivity index (χ4n) is 3.04. The van der Waals surface area contributed by atoms with Gasteiger partial charge in [0.15, 0.2) is 5.54 Å². The van der Waals surface area contributed by atoms with E-state index in [1.165, 1.54) is 0 Å². The Morgan fingerprint density at radius 1 is 1.43 bits per heavy atom. The van der Waals surface area contributed by atoms with E-state index >= 15 is 0 Å². The molecule has 0 aromatic heterocycles. The summed E-state index contributed by atoms with van der Waals surface area (Å²) in [6.07, 6.45) is 2.19. The first-order valence-corrected chi connectivity index (χ1v) is 7.26. The van der Waals surface area contributed by atoms with Gasteiger partial charge in [0.25, 0.3) is 0 Å². The summed E-state index contributed by atoms with van der Waals surface area (Å²) in [5.74, 6) is -1.46. The first kappa shape index (κ1) is 15.5. The lowest BCUT2D eigenvalue weighted by atomic mass is 10.1. The highest BCUT2D eigenvalue weighted by Crippen LogP contribution is 2.60. The molecule has 0 saturated heterocycles. The number of benzene rings is 1. The molecular weight excluding hydrogens is 270 g/mol. The Kier molecular flexibility index (Phi) is 4.63. The average molecular weight is 291 g/mol. The maximum absolute atomic E-state index is 11.8. The van der Waals surface area contributed by atoms with Crippen LogP contribution in [0.15, 0.2) is 30.3 Å². The summed E-state index contributed by atoms with van der Waals surface area (Å²) in [7, 11) is 0. The number of hydrogen-bond acceptors (Lipinski definition) is 3. The van der Waals surface area contributed by atoms with Crippen LogP contribution in [0, 0.1) is 5.92 Å². The molecule has 1 saturated carbocycles. The van der Waals surface area contributed by atoms with Crippen LogP contribution in [0.3, 0.4) is 0 Å². The summed E-state index contributed by atoms with van der Waals surface area (Å²) < 4.78 is 0. The smallest absolute Gasteiger partial charge is 0.333 e. The summed E-state index contributed by atoms with van der Waals surface area (Å²) in [4.78, 5) is 28.6. The number of hydroxylamine groups is 2. The zero-order valence-corrected chi connectivity index (χ0v) is 12.4. The van der Waals surface area contributed by atoms with Crippen molar-refractivity contribution in [3.05, 3.63) is 35.9 Å². The second-order valence-electron chi connectivity index (χ2n) is 5.43. The van der Waals surface area contributed by atoms with Crippen LogP contribution in [0.1, 0.15) is 38.2 Å². The van der Waals surface area contributed by atoms with Gasteiger partial charge in [-0.3, -0.25) is 9.63 Å². The molecule has 3 unspecified atom stereocenters. The van der Waals surface area contributed by atoms with Crippen LogP contribution in [-0.4, -0.2) is 34.7 Å². The summed E-state index contributed by atoms with van der Waals surface area (Å²) >= 11 is 0. The van der Waals surface area contributed by atoms with E-state index in [0.29, 0.717) is 13.0 Å². The number of rotatable bonds is 8. The molecule has 0 radical (unpaired) electrons. The molecule has 0 spiro atoms. The maximum Gasteiger partial charge on any atom is 0.333 e. The SMILES string of the molecule is CCCCON(C=O)C1(C(=O)O)C(C)C1c1ccccc1. The second-order valence-corrected chi connectivity index (χ2v) is 5.43. The van der Waals surface area contributed by atoms with E-state index in [4.69, 9.17) is 4.84 Å². The third-order valence-corrected chi connectivity index (χ3v) is 4.25. The fourth-order valence-corrected chi connectivity index (χ4v) is 3.04. The average Bonchev–Trinajstić information content (AvgIpc) is 3.11. The van der Waals surface area contributed by atoms with Crippen LogP contribution >= 0.6 is 0 Å². The number of amides is 1. The van der Waals surface area contributed by atoms with E-state index in [0.717, 1.165) is 23.5 Å². The van der Waals surface area contributed by atoms with Gasteiger partial charge in [0.1, 0.15) is 0 Å². The van der Waals surface area contributed by atoms with Crippen LogP contribution in [0.4, 0.5) is 0 Å². The first-order chi connectivity index (χ1) is 10.1. The van der Waals surface area contributed by atoms with Crippen LogP contribution in [0.2, 0.25) is 0 Å². The molecule has 114 valence electrons. The molecule has 1 aliphatic carbocycles. The predicted molar refractivity (Wildman–Crippen MR) is 77.5 cm³/mol. The molecule has 1 aromatic rings. The Balaban J connectivity index is 2.25. The number of aliphatic carboxylic acids is 1. The number of hydrogen-bond donors (Lipinski definition) is 1. The normalized spacial score (nSPS) is 27.1. The third kappa shape index (κ3) is 2.53. The molecular formula is C16H21NO4. The van der Waals surface area contributed by atoms with Gasteiger partial charge in [-0.15, -0.1) is 0 Å². The summed E-state index contributed by atoms with van der Waals surface area (Å²) in [6.45, 7) is 4.19. The Morgan fingerprint density at radius 3 is 2.62 bits per heavy atom. The number of carbonyl (C=O) groups is 2. The Morgan fingerprint density at radius 2 is 2.10 bits per heavy atom. The van der Waals surface area contributed by atoms with Crippen molar-refractivity contribution >= 4 is 12.4 Å². The topological polar surface area (TPSA) is 66.8 Å². The summed E-state index contributed by atoms with van der Waals surface area (Å²) in [5, 5.41) is 10.7. The Hall–Kier alpha value is -1.88. The van der Waals surface area contributed by atoms with Gasteiger partial charge in [-0.25, -0.2) is 9.86 Å². The summed E-state index contributed by atoms with van der Waals surface area (Å²) in [6, 6.07) is 9.41. The van der Waals surface area contributed by atoms with Crippen molar-refractivity contribution in [2.45, 2.75) is 38.1 Å². The van der Waals surface area contributed by atoms with Gasteiger partial charge >= 0.3 is 5.97 Å². The molecule has 0 bridgehead atoms. The number of carboxylic acid groups (broad SMARTS) is 1. The highest BCUT2D eigenvalue weighted by atomic mass is 16.7. The van der Waals surface area contributed by atoms with Crippen molar-refractivity contribution in [1.82, 2.24) is 5.06 Å². The molecule has 21 heavy (non-hydrogen) atoms. The van der Waals surface area contributed by atoms with Gasteiger partial charge in [0.2, 0.25) is 6.41 Å². The standard InChI is InChI=1S/C16H21NO4/c1-3-4-10-21-17(11-18)16(15(19)20)12(2)14(16)13-8-6-5-7-9-13/h5-9,11-12,14H,3-4,10H2,1-2H3,(H,19,20). The molecule has 1 N–H and O–H groups in total. The van der Waals surface area contributed by atoms with Crippen molar-refractivity contribution < 1.29 is 19.5 Å². The Bertz CT molecular complexity index is 504. The van der Waals surface area contributed by atoms with E-state index < -0.39 is 11.5 Å². The van der Waals surface area contributed by atoms with Gasteiger partial charge in [-0.2, -0.15) is 0 Å². The predicted octanol–water partition coefficient (Wildman–Crippen LogP) is 2.43. The lowest BCUT2D eigenvalue weighted by Gasteiger charge is -2.25. The van der Waals surface area contributed by atoms with Gasteiger partial charge in [0.05, 0.1) is 6.61 Å². The van der Waals surface area contributed by atoms with Crippen LogP contribution in [0.5, 0.6) is 0 Å². The minimum Gasteiger partial charge on any atom is -0.479 e. The highest BCUT2D eigenvalue weighted by Gasteiger charge is 2.72. The van der Waals surface area contributed by atoms with Crippen LogP contribution < -0.4 is 0 Å². The minimum atomic E-state index is -1.29. The largest absolute Gasteiger partial charge is 0.479 e. The molecule has 1 aliphatic rings. The number of carboxylic acids is 1. The molecule has 1 amide bonds. The zero-order chi connectivity index (χ0) is 15.5. The molecule has 5 nitrogen and oxygen atoms in total. The molecule has 2 rings (SSSR count). The number of nitrogens with zero attached hydrogens (tertiary/aromatic N) is 1. The van der Waals surface area contributed by atoms with Crippen molar-refractivity contribution in [2.24, 2.45) is 5.92 Å². The Labute approximate surface area is 124 Å². The molecule has 0 aliphatic heterocycles. The monoisotopic (exact) mass is 291 g/mol. The van der Waals surface area contributed by atoms with E-state index in [-0.39, 0.29) is 11.8 Å². The molecule has 0 heterocycles. The van der Waals surface area contributed by atoms with Crippen LogP contribution in [0.25, 0.3) is 0 Å². The highest BCUT2D eigenvalue weighted by molar-refractivity contribution is 5.88. The molecule has 1 fully saturated rings. The quantitative estimate of drug-likeness (QED) is 0.454. The van der Waals surface area contributed by atoms with Crippen molar-refractivity contribution in [3.63, 3.8) is 0 Å². The van der Waals surface area contributed by atoms with Crippen molar-refractivity contribution in [3.8, 4) is 0 Å². The van der Waals surface area contributed by atoms with Crippen LogP contribution in [-0.2, 0) is 14.4 Å². The van der Waals surface area contributed by atoms with E-state index in [1.54, 1.807) is 0 Å². The fraction of sp³-hybridized carbons (Fsp3) is 0.500. The molecule has 1 aromatic carbocycles. The summed E-state index contributed by atoms with van der Waals surface area (Å²) in [5.41, 5.74) is -0.380. The van der Waals surface area contributed by atoms with Gasteiger partial charge < -0.3 is 5.11 Å².